The molecule has 1 fully saturated rings. The van der Waals surface area contributed by atoms with E-state index in [4.69, 9.17) is 4.74 Å². The van der Waals surface area contributed by atoms with Gasteiger partial charge in [-0.3, -0.25) is 4.79 Å². The van der Waals surface area contributed by atoms with E-state index in [9.17, 15) is 4.79 Å². The monoisotopic (exact) mass is 199 g/mol. The first kappa shape index (κ1) is 11.5. The molecule has 0 aromatic heterocycles. The second-order valence-corrected chi connectivity index (χ2v) is 4.36. The van der Waals surface area contributed by atoms with Gasteiger partial charge >= 0.3 is 5.97 Å². The molecule has 82 valence electrons. The number of esters is 1. The Bertz CT molecular complexity index is 205. The molecule has 0 amide bonds. The maximum Gasteiger partial charge on any atom is 0.326 e. The molecule has 1 rings (SSSR count). The van der Waals surface area contributed by atoms with Crippen LogP contribution in [0.15, 0.2) is 0 Å². The second kappa shape index (κ2) is 4.78. The van der Waals surface area contributed by atoms with Gasteiger partial charge in [-0.25, -0.2) is 0 Å². The zero-order valence-corrected chi connectivity index (χ0v) is 9.43. The zero-order chi connectivity index (χ0) is 10.6. The summed E-state index contributed by atoms with van der Waals surface area (Å²) in [4.78, 5) is 11.7. The highest BCUT2D eigenvalue weighted by Gasteiger charge is 2.38. The number of rotatable bonds is 2. The fourth-order valence-corrected chi connectivity index (χ4v) is 2.27. The predicted molar refractivity (Wildman–Crippen MR) is 56.1 cm³/mol. The quantitative estimate of drug-likeness (QED) is 0.543. The summed E-state index contributed by atoms with van der Waals surface area (Å²) < 4.78 is 4.87. The summed E-state index contributed by atoms with van der Waals surface area (Å²) >= 11 is 0. The Kier molecular flexibility index (Phi) is 3.93. The Morgan fingerprint density at radius 1 is 1.43 bits per heavy atom. The summed E-state index contributed by atoms with van der Waals surface area (Å²) in [7, 11) is 3.32. The van der Waals surface area contributed by atoms with Crippen molar-refractivity contribution in [1.82, 2.24) is 5.32 Å². The first-order chi connectivity index (χ1) is 6.64. The lowest BCUT2D eigenvalue weighted by atomic mass is 9.90. The molecule has 0 spiro atoms. The van der Waals surface area contributed by atoms with E-state index in [1.807, 2.05) is 7.05 Å². The summed E-state index contributed by atoms with van der Waals surface area (Å²) in [5, 5.41) is 3.15. The Labute approximate surface area is 86.2 Å². The minimum atomic E-state index is -0.417. The molecule has 2 unspecified atom stereocenters. The molecule has 0 saturated heterocycles. The van der Waals surface area contributed by atoms with Crippen LogP contribution in [0.2, 0.25) is 0 Å². The number of hydrogen-bond acceptors (Lipinski definition) is 3. The Morgan fingerprint density at radius 2 is 2.14 bits per heavy atom. The van der Waals surface area contributed by atoms with E-state index < -0.39 is 5.54 Å². The molecule has 3 heteroatoms. The fourth-order valence-electron chi connectivity index (χ4n) is 2.27. The maximum atomic E-state index is 11.7. The van der Waals surface area contributed by atoms with Gasteiger partial charge in [0.1, 0.15) is 5.54 Å². The third kappa shape index (κ3) is 2.27. The minimum absolute atomic E-state index is 0.103. The van der Waals surface area contributed by atoms with Crippen LogP contribution >= 0.6 is 0 Å². The van der Waals surface area contributed by atoms with E-state index in [1.165, 1.54) is 13.5 Å². The molecule has 1 aliphatic carbocycles. The molecule has 1 aliphatic rings. The number of ether oxygens (including phenoxy) is 1. The average molecular weight is 199 g/mol. The highest BCUT2D eigenvalue weighted by Crippen LogP contribution is 2.30. The van der Waals surface area contributed by atoms with Gasteiger partial charge in [0.05, 0.1) is 7.11 Å². The summed E-state index contributed by atoms with van der Waals surface area (Å²) in [5.41, 5.74) is -0.417. The molecule has 3 nitrogen and oxygen atoms in total. The number of carbonyl (C=O) groups excluding carboxylic acids is 1. The van der Waals surface area contributed by atoms with E-state index in [0.29, 0.717) is 0 Å². The first-order valence-electron chi connectivity index (χ1n) is 5.42. The molecule has 0 aliphatic heterocycles. The van der Waals surface area contributed by atoms with Crippen LogP contribution in [0, 0.1) is 5.92 Å². The van der Waals surface area contributed by atoms with Crippen LogP contribution in [-0.4, -0.2) is 25.7 Å². The van der Waals surface area contributed by atoms with Crippen molar-refractivity contribution in [2.75, 3.05) is 14.2 Å². The number of methoxy groups -OCH3 is 1. The van der Waals surface area contributed by atoms with Gasteiger partial charge in [-0.2, -0.15) is 0 Å². The lowest BCUT2D eigenvalue weighted by Crippen LogP contribution is -2.50. The Balaban J connectivity index is 2.72. The van der Waals surface area contributed by atoms with Crippen LogP contribution in [0.3, 0.4) is 0 Å². The third-order valence-electron chi connectivity index (χ3n) is 3.42. The summed E-state index contributed by atoms with van der Waals surface area (Å²) in [5.74, 6) is 0.629. The van der Waals surface area contributed by atoms with Crippen LogP contribution < -0.4 is 5.32 Å². The van der Waals surface area contributed by atoms with Crippen molar-refractivity contribution < 1.29 is 9.53 Å². The zero-order valence-electron chi connectivity index (χ0n) is 9.43. The van der Waals surface area contributed by atoms with Crippen molar-refractivity contribution in [1.29, 1.82) is 0 Å². The normalized spacial score (nSPS) is 33.5. The highest BCUT2D eigenvalue weighted by atomic mass is 16.5. The molecule has 1 N–H and O–H groups in total. The number of hydrogen-bond donors (Lipinski definition) is 1. The van der Waals surface area contributed by atoms with Crippen LogP contribution in [-0.2, 0) is 9.53 Å². The summed E-state index contributed by atoms with van der Waals surface area (Å²) in [6, 6.07) is 0. The van der Waals surface area contributed by atoms with Gasteiger partial charge in [-0.1, -0.05) is 19.8 Å². The van der Waals surface area contributed by atoms with Crippen molar-refractivity contribution in [3.63, 3.8) is 0 Å². The molecule has 0 aromatic rings. The lowest BCUT2D eigenvalue weighted by molar-refractivity contribution is -0.149. The predicted octanol–water partition coefficient (Wildman–Crippen LogP) is 1.72. The molecular weight excluding hydrogens is 178 g/mol. The van der Waals surface area contributed by atoms with Crippen molar-refractivity contribution >= 4 is 5.97 Å². The maximum absolute atomic E-state index is 11.7. The highest BCUT2D eigenvalue weighted by molar-refractivity contribution is 5.80. The minimum Gasteiger partial charge on any atom is -0.468 e. The van der Waals surface area contributed by atoms with Crippen LogP contribution in [0.5, 0.6) is 0 Å². The number of likely N-dealkylation sites (N-methyl/N-ethyl adjacent to an activating group) is 1. The standard InChI is InChI=1S/C11H21NO2/c1-9-5-4-7-11(12-2,8-6-9)10(13)14-3/h9,12H,4-8H2,1-3H3. The molecule has 2 atom stereocenters. The van der Waals surface area contributed by atoms with E-state index in [2.05, 4.69) is 12.2 Å². The number of nitrogens with one attached hydrogen (secondary N) is 1. The van der Waals surface area contributed by atoms with Crippen LogP contribution in [0.1, 0.15) is 39.0 Å². The van der Waals surface area contributed by atoms with Gasteiger partial charge in [-0.05, 0) is 32.2 Å². The van der Waals surface area contributed by atoms with Gasteiger partial charge in [-0.15, -0.1) is 0 Å². The smallest absolute Gasteiger partial charge is 0.326 e. The SMILES string of the molecule is CNC1(C(=O)OC)CCCC(C)CC1. The van der Waals surface area contributed by atoms with Gasteiger partial charge in [0.2, 0.25) is 0 Å². The van der Waals surface area contributed by atoms with Gasteiger partial charge in [0.25, 0.3) is 0 Å². The molecule has 14 heavy (non-hydrogen) atoms. The second-order valence-electron chi connectivity index (χ2n) is 4.36. The number of carbonyl (C=O) groups is 1. The largest absolute Gasteiger partial charge is 0.468 e. The van der Waals surface area contributed by atoms with E-state index >= 15 is 0 Å². The molecule has 1 saturated carbocycles. The molecule has 0 radical (unpaired) electrons. The van der Waals surface area contributed by atoms with Gasteiger partial charge in [0, 0.05) is 0 Å². The summed E-state index contributed by atoms with van der Waals surface area (Å²) in [6.07, 6.45) is 5.24. The Morgan fingerprint density at radius 3 is 2.71 bits per heavy atom. The van der Waals surface area contributed by atoms with Gasteiger partial charge in [0.15, 0.2) is 0 Å². The average Bonchev–Trinajstić information content (AvgIpc) is 2.40. The van der Waals surface area contributed by atoms with E-state index in [0.717, 1.165) is 31.6 Å². The van der Waals surface area contributed by atoms with Crippen molar-refractivity contribution in [3.8, 4) is 0 Å². The van der Waals surface area contributed by atoms with E-state index in [-0.39, 0.29) is 5.97 Å². The van der Waals surface area contributed by atoms with E-state index in [1.54, 1.807) is 0 Å². The van der Waals surface area contributed by atoms with Crippen molar-refractivity contribution in [3.05, 3.63) is 0 Å². The molecular formula is C11H21NO2. The van der Waals surface area contributed by atoms with Crippen LogP contribution in [0.4, 0.5) is 0 Å². The molecule has 0 heterocycles. The first-order valence-corrected chi connectivity index (χ1v) is 5.42. The Hall–Kier alpha value is -0.570. The topological polar surface area (TPSA) is 38.3 Å². The molecule has 0 bridgehead atoms. The lowest BCUT2D eigenvalue weighted by Gasteiger charge is -2.29. The third-order valence-corrected chi connectivity index (χ3v) is 3.42. The van der Waals surface area contributed by atoms with Crippen LogP contribution in [0.25, 0.3) is 0 Å². The fraction of sp³-hybridized carbons (Fsp3) is 0.909. The van der Waals surface area contributed by atoms with Crippen molar-refractivity contribution in [2.45, 2.75) is 44.6 Å². The van der Waals surface area contributed by atoms with Crippen molar-refractivity contribution in [2.24, 2.45) is 5.92 Å². The van der Waals surface area contributed by atoms with Gasteiger partial charge < -0.3 is 10.1 Å². The summed E-state index contributed by atoms with van der Waals surface area (Å²) in [6.45, 7) is 2.25. The molecule has 0 aromatic carbocycles.